The summed E-state index contributed by atoms with van der Waals surface area (Å²) in [7, 11) is 0. The molecule has 0 bridgehead atoms. The lowest BCUT2D eigenvalue weighted by atomic mass is 9.90. The number of thioether (sulfide) groups is 1. The summed E-state index contributed by atoms with van der Waals surface area (Å²) in [6, 6.07) is 8.03. The van der Waals surface area contributed by atoms with Gasteiger partial charge >= 0.3 is 0 Å². The molecule has 12 heteroatoms. The molecule has 3 aliphatic rings. The number of aromatic nitrogens is 1. The molecule has 32 heavy (non-hydrogen) atoms. The molecule has 1 aromatic carbocycles. The molecule has 0 amide bonds. The number of ether oxygens (including phenoxy) is 1. The van der Waals surface area contributed by atoms with Gasteiger partial charge in [-0.3, -0.25) is 4.99 Å². The summed E-state index contributed by atoms with van der Waals surface area (Å²) < 4.78 is 7.77. The lowest BCUT2D eigenvalue weighted by molar-refractivity contribution is -0.0688. The molecular formula is C20H24N6O4S2. The predicted molar refractivity (Wildman–Crippen MR) is 124 cm³/mol. The number of rotatable bonds is 6. The molecule has 0 spiro atoms. The Balaban J connectivity index is 1.30. The first kappa shape index (κ1) is 21.9. The van der Waals surface area contributed by atoms with Gasteiger partial charge in [0.25, 0.3) is 0 Å². The molecule has 1 fully saturated rings. The number of aliphatic imine (C=N–C) groups is 3. The normalized spacial score (nSPS) is 32.8. The highest BCUT2D eigenvalue weighted by molar-refractivity contribution is 8.01. The number of benzene rings is 1. The topological polar surface area (TPSA) is 149 Å². The summed E-state index contributed by atoms with van der Waals surface area (Å²) in [5, 5.41) is 29.9. The summed E-state index contributed by atoms with van der Waals surface area (Å²) in [4.78, 5) is 19.7. The van der Waals surface area contributed by atoms with Crippen molar-refractivity contribution in [2.45, 2.75) is 41.5 Å². The second-order valence-electron chi connectivity index (χ2n) is 8.03. The van der Waals surface area contributed by atoms with Crippen LogP contribution in [-0.4, -0.2) is 92.3 Å². The largest absolute Gasteiger partial charge is 0.394 e. The van der Waals surface area contributed by atoms with Gasteiger partial charge in [0.05, 0.1) is 16.8 Å². The van der Waals surface area contributed by atoms with E-state index in [0.29, 0.717) is 17.3 Å². The maximum Gasteiger partial charge on any atom is 0.162 e. The van der Waals surface area contributed by atoms with Gasteiger partial charge in [-0.05, 0) is 12.1 Å². The second kappa shape index (κ2) is 8.45. The minimum absolute atomic E-state index is 0.0924. The SMILES string of the molecule is C[C@@H](CSc1nc2ccccc2s1)C1(N)N=CN=C2C1=NCN2[C@@H]1O[C@H](CO)[C@@H](O)[C@H]1O. The molecule has 1 unspecified atom stereocenters. The van der Waals surface area contributed by atoms with Gasteiger partial charge in [0, 0.05) is 11.7 Å². The van der Waals surface area contributed by atoms with Crippen LogP contribution in [0.4, 0.5) is 0 Å². The Morgan fingerprint density at radius 2 is 2.16 bits per heavy atom. The Morgan fingerprint density at radius 3 is 2.91 bits per heavy atom. The van der Waals surface area contributed by atoms with Crippen LogP contribution in [0.2, 0.25) is 0 Å². The third-order valence-electron chi connectivity index (χ3n) is 6.00. The first-order chi connectivity index (χ1) is 15.4. The number of hydrogen-bond donors (Lipinski definition) is 4. The van der Waals surface area contributed by atoms with E-state index >= 15 is 0 Å². The number of fused-ring (bicyclic) bond motifs is 2. The molecule has 1 saturated heterocycles. The monoisotopic (exact) mass is 476 g/mol. The lowest BCUT2D eigenvalue weighted by Gasteiger charge is -2.35. The average molecular weight is 477 g/mol. The molecule has 0 radical (unpaired) electrons. The summed E-state index contributed by atoms with van der Waals surface area (Å²) >= 11 is 3.28. The van der Waals surface area contributed by atoms with Gasteiger partial charge in [-0.1, -0.05) is 30.8 Å². The number of nitrogens with zero attached hydrogens (tertiary/aromatic N) is 5. The zero-order valence-electron chi connectivity index (χ0n) is 17.3. The second-order valence-corrected chi connectivity index (χ2v) is 10.3. The Morgan fingerprint density at radius 1 is 1.34 bits per heavy atom. The van der Waals surface area contributed by atoms with E-state index < -0.39 is 36.8 Å². The number of nitrogens with two attached hydrogens (primary N) is 1. The van der Waals surface area contributed by atoms with Crippen LogP contribution < -0.4 is 5.73 Å². The Bertz CT molecular complexity index is 1070. The summed E-state index contributed by atoms with van der Waals surface area (Å²) in [5.74, 6) is 1.05. The molecule has 5 rings (SSSR count). The fourth-order valence-corrected chi connectivity index (χ4v) is 6.25. The third kappa shape index (κ3) is 3.55. The molecule has 0 saturated carbocycles. The van der Waals surface area contributed by atoms with Crippen molar-refractivity contribution in [2.24, 2.45) is 26.6 Å². The van der Waals surface area contributed by atoms with E-state index in [0.717, 1.165) is 14.6 Å². The highest BCUT2D eigenvalue weighted by Crippen LogP contribution is 2.35. The molecule has 170 valence electrons. The van der Waals surface area contributed by atoms with E-state index in [1.54, 1.807) is 28.0 Å². The van der Waals surface area contributed by atoms with E-state index in [1.165, 1.54) is 6.34 Å². The minimum Gasteiger partial charge on any atom is -0.394 e. The summed E-state index contributed by atoms with van der Waals surface area (Å²) in [5.41, 5.74) is 7.16. The Hall–Kier alpha value is -1.93. The van der Waals surface area contributed by atoms with Gasteiger partial charge in [0.1, 0.15) is 37.0 Å². The average Bonchev–Trinajstić information content (AvgIpc) is 3.48. The molecule has 5 N–H and O–H groups in total. The zero-order valence-corrected chi connectivity index (χ0v) is 18.9. The zero-order chi connectivity index (χ0) is 22.5. The highest BCUT2D eigenvalue weighted by atomic mass is 32.2. The van der Waals surface area contributed by atoms with Crippen LogP contribution in [0.5, 0.6) is 0 Å². The number of aliphatic hydroxyl groups excluding tert-OH is 3. The quantitative estimate of drug-likeness (QED) is 0.434. The van der Waals surface area contributed by atoms with Crippen molar-refractivity contribution < 1.29 is 20.1 Å². The minimum atomic E-state index is -1.21. The molecule has 1 aromatic heterocycles. The van der Waals surface area contributed by atoms with Crippen LogP contribution in [0.3, 0.4) is 0 Å². The number of aliphatic hydroxyl groups is 3. The highest BCUT2D eigenvalue weighted by Gasteiger charge is 2.51. The molecule has 10 nitrogen and oxygen atoms in total. The molecule has 2 aromatic rings. The summed E-state index contributed by atoms with van der Waals surface area (Å²) in [6.45, 7) is 1.78. The number of amidine groups is 1. The van der Waals surface area contributed by atoms with Crippen molar-refractivity contribution in [3.8, 4) is 0 Å². The fourth-order valence-electron chi connectivity index (χ4n) is 4.04. The van der Waals surface area contributed by atoms with Crippen LogP contribution in [0, 0.1) is 5.92 Å². The number of hydrogen-bond acceptors (Lipinski definition) is 12. The first-order valence-corrected chi connectivity index (χ1v) is 12.1. The smallest absolute Gasteiger partial charge is 0.162 e. The van der Waals surface area contributed by atoms with E-state index in [2.05, 4.69) is 26.0 Å². The van der Waals surface area contributed by atoms with Crippen LogP contribution in [-0.2, 0) is 4.74 Å². The van der Waals surface area contributed by atoms with Gasteiger partial charge in [-0.25, -0.2) is 15.0 Å². The van der Waals surface area contributed by atoms with Crippen molar-refractivity contribution in [3.05, 3.63) is 24.3 Å². The van der Waals surface area contributed by atoms with Crippen molar-refractivity contribution in [1.82, 2.24) is 9.88 Å². The lowest BCUT2D eigenvalue weighted by Crippen LogP contribution is -2.59. The number of thiazole rings is 1. The summed E-state index contributed by atoms with van der Waals surface area (Å²) in [6.07, 6.45) is -2.75. The van der Waals surface area contributed by atoms with Crippen LogP contribution >= 0.6 is 23.1 Å². The molecule has 0 aliphatic carbocycles. The first-order valence-electron chi connectivity index (χ1n) is 10.3. The molecular weight excluding hydrogens is 452 g/mol. The fraction of sp³-hybridized carbons (Fsp3) is 0.500. The van der Waals surface area contributed by atoms with E-state index in [1.807, 2.05) is 25.1 Å². The van der Waals surface area contributed by atoms with Crippen molar-refractivity contribution in [3.63, 3.8) is 0 Å². The van der Waals surface area contributed by atoms with Crippen molar-refractivity contribution in [1.29, 1.82) is 0 Å². The Kier molecular flexibility index (Phi) is 5.78. The standard InChI is InChI=1S/C20H24N6O4S2/c1-10(7-31-19-25-11-4-2-3-5-13(11)32-19)20(21)16-17(22-8-24-20)26(9-23-16)18-15(29)14(28)12(6-27)30-18/h2-5,8,10,12,14-15,18,27-29H,6-7,9,21H2,1H3/t10-,12+,14+,15+,18+,20?/m0/s1. The molecule has 4 heterocycles. The van der Waals surface area contributed by atoms with Crippen LogP contribution in [0.25, 0.3) is 10.2 Å². The van der Waals surface area contributed by atoms with E-state index in [9.17, 15) is 15.3 Å². The van der Waals surface area contributed by atoms with Crippen LogP contribution in [0.1, 0.15) is 6.92 Å². The molecule has 6 atom stereocenters. The van der Waals surface area contributed by atoms with E-state index in [-0.39, 0.29) is 12.6 Å². The predicted octanol–water partition coefficient (Wildman–Crippen LogP) is 0.273. The Labute approximate surface area is 192 Å². The van der Waals surface area contributed by atoms with Gasteiger partial charge in [-0.15, -0.1) is 11.3 Å². The van der Waals surface area contributed by atoms with Crippen molar-refractivity contribution in [2.75, 3.05) is 19.0 Å². The van der Waals surface area contributed by atoms with Crippen molar-refractivity contribution >= 4 is 51.2 Å². The van der Waals surface area contributed by atoms with Gasteiger partial charge in [-0.2, -0.15) is 0 Å². The van der Waals surface area contributed by atoms with Gasteiger partial charge < -0.3 is 30.7 Å². The van der Waals surface area contributed by atoms with Crippen LogP contribution in [0.15, 0.2) is 43.6 Å². The molecule has 3 aliphatic heterocycles. The maximum absolute atomic E-state index is 10.4. The van der Waals surface area contributed by atoms with Gasteiger partial charge in [0.15, 0.2) is 22.1 Å². The van der Waals surface area contributed by atoms with Gasteiger partial charge in [0.2, 0.25) is 0 Å². The number of para-hydroxylation sites is 1. The third-order valence-corrected chi connectivity index (χ3v) is 8.44. The van der Waals surface area contributed by atoms with E-state index in [4.69, 9.17) is 10.5 Å². The maximum atomic E-state index is 10.4.